The van der Waals surface area contributed by atoms with Crippen molar-refractivity contribution in [3.8, 4) is 5.88 Å². The molecule has 66 valence electrons. The van der Waals surface area contributed by atoms with Crippen molar-refractivity contribution in [2.75, 3.05) is 7.11 Å². The number of methoxy groups -OCH3 is 1. The predicted octanol–water partition coefficient (Wildman–Crippen LogP) is 2.52. The number of aryl methyl sites for hydroxylation is 1. The third-order valence-corrected chi connectivity index (χ3v) is 1.83. The number of ether oxygens (including phenoxy) is 1. The molecule has 1 aromatic heterocycles. The van der Waals surface area contributed by atoms with Crippen LogP contribution in [-0.4, -0.2) is 12.1 Å². The molecule has 0 bridgehead atoms. The Bertz CT molecular complexity index is 269. The molecule has 2 nitrogen and oxygen atoms in total. The molecule has 0 unspecified atom stereocenters. The first-order chi connectivity index (χ1) is 5.65. The summed E-state index contributed by atoms with van der Waals surface area (Å²) in [6.45, 7) is 6.32. The van der Waals surface area contributed by atoms with Gasteiger partial charge in [-0.15, -0.1) is 0 Å². The van der Waals surface area contributed by atoms with Crippen LogP contribution >= 0.6 is 0 Å². The maximum atomic E-state index is 5.15. The van der Waals surface area contributed by atoms with Crippen LogP contribution in [0.1, 0.15) is 30.9 Å². The summed E-state index contributed by atoms with van der Waals surface area (Å²) in [5.74, 6) is 1.21. The van der Waals surface area contributed by atoms with Gasteiger partial charge in [-0.1, -0.05) is 13.8 Å². The molecule has 0 amide bonds. The molecule has 12 heavy (non-hydrogen) atoms. The quantitative estimate of drug-likeness (QED) is 0.671. The standard InChI is InChI=1S/C10H15NO/c1-7(2)9-5-8(3)6-11-10(9)12-4/h5-7H,1-4H3. The zero-order chi connectivity index (χ0) is 9.14. The van der Waals surface area contributed by atoms with Crippen LogP contribution in [0, 0.1) is 6.92 Å². The highest BCUT2D eigenvalue weighted by molar-refractivity contribution is 5.31. The van der Waals surface area contributed by atoms with Gasteiger partial charge < -0.3 is 4.74 Å². The lowest BCUT2D eigenvalue weighted by atomic mass is 10.0. The van der Waals surface area contributed by atoms with Crippen LogP contribution in [0.25, 0.3) is 0 Å². The third-order valence-electron chi connectivity index (χ3n) is 1.83. The van der Waals surface area contributed by atoms with Gasteiger partial charge in [0.25, 0.3) is 0 Å². The van der Waals surface area contributed by atoms with E-state index in [2.05, 4.69) is 24.9 Å². The monoisotopic (exact) mass is 165 g/mol. The summed E-state index contributed by atoms with van der Waals surface area (Å²) in [6, 6.07) is 2.12. The van der Waals surface area contributed by atoms with Gasteiger partial charge in [0.1, 0.15) is 0 Å². The molecule has 0 aliphatic carbocycles. The zero-order valence-electron chi connectivity index (χ0n) is 8.09. The topological polar surface area (TPSA) is 22.1 Å². The fourth-order valence-electron chi connectivity index (χ4n) is 1.16. The van der Waals surface area contributed by atoms with E-state index in [9.17, 15) is 0 Å². The maximum Gasteiger partial charge on any atom is 0.216 e. The van der Waals surface area contributed by atoms with Crippen molar-refractivity contribution in [2.24, 2.45) is 0 Å². The zero-order valence-corrected chi connectivity index (χ0v) is 8.09. The van der Waals surface area contributed by atoms with Gasteiger partial charge in [0.15, 0.2) is 0 Å². The van der Waals surface area contributed by atoms with E-state index in [0.717, 1.165) is 5.88 Å². The van der Waals surface area contributed by atoms with Crippen molar-refractivity contribution in [1.29, 1.82) is 0 Å². The first-order valence-corrected chi connectivity index (χ1v) is 4.15. The average Bonchev–Trinajstić information content (AvgIpc) is 2.04. The number of rotatable bonds is 2. The van der Waals surface area contributed by atoms with Crippen LogP contribution in [-0.2, 0) is 0 Å². The Labute approximate surface area is 73.6 Å². The van der Waals surface area contributed by atoms with Crippen molar-refractivity contribution < 1.29 is 4.74 Å². The van der Waals surface area contributed by atoms with Crippen LogP contribution < -0.4 is 4.74 Å². The Hall–Kier alpha value is -1.05. The second kappa shape index (κ2) is 3.57. The summed E-state index contributed by atoms with van der Waals surface area (Å²) in [7, 11) is 1.66. The van der Waals surface area contributed by atoms with E-state index in [1.165, 1.54) is 11.1 Å². The summed E-state index contributed by atoms with van der Waals surface area (Å²) < 4.78 is 5.15. The predicted molar refractivity (Wildman–Crippen MR) is 49.6 cm³/mol. The highest BCUT2D eigenvalue weighted by atomic mass is 16.5. The summed E-state index contributed by atoms with van der Waals surface area (Å²) in [5, 5.41) is 0. The summed E-state index contributed by atoms with van der Waals surface area (Å²) >= 11 is 0. The van der Waals surface area contributed by atoms with Crippen molar-refractivity contribution in [1.82, 2.24) is 4.98 Å². The van der Waals surface area contributed by atoms with E-state index in [1.54, 1.807) is 7.11 Å². The Morgan fingerprint density at radius 3 is 2.58 bits per heavy atom. The molecule has 1 heterocycles. The van der Waals surface area contributed by atoms with Crippen LogP contribution in [0.15, 0.2) is 12.3 Å². The van der Waals surface area contributed by atoms with E-state index in [4.69, 9.17) is 4.74 Å². The second-order valence-electron chi connectivity index (χ2n) is 3.27. The molecule has 2 heteroatoms. The van der Waals surface area contributed by atoms with Gasteiger partial charge in [0, 0.05) is 11.8 Å². The van der Waals surface area contributed by atoms with E-state index < -0.39 is 0 Å². The van der Waals surface area contributed by atoms with Crippen LogP contribution in [0.4, 0.5) is 0 Å². The normalized spacial score (nSPS) is 10.4. The van der Waals surface area contributed by atoms with E-state index in [-0.39, 0.29) is 0 Å². The van der Waals surface area contributed by atoms with Crippen molar-refractivity contribution in [3.05, 3.63) is 23.4 Å². The molecule has 0 radical (unpaired) electrons. The first kappa shape index (κ1) is 9.04. The molecule has 0 spiro atoms. The first-order valence-electron chi connectivity index (χ1n) is 4.15. The van der Waals surface area contributed by atoms with Crippen LogP contribution in [0.5, 0.6) is 5.88 Å². The van der Waals surface area contributed by atoms with Gasteiger partial charge in [0.2, 0.25) is 5.88 Å². The fraction of sp³-hybridized carbons (Fsp3) is 0.500. The van der Waals surface area contributed by atoms with Gasteiger partial charge in [-0.2, -0.15) is 0 Å². The number of pyridine rings is 1. The van der Waals surface area contributed by atoms with Gasteiger partial charge in [0.05, 0.1) is 7.11 Å². The molecule has 0 saturated heterocycles. The molecule has 0 aromatic carbocycles. The summed E-state index contributed by atoms with van der Waals surface area (Å²) in [4.78, 5) is 4.20. The van der Waals surface area contributed by atoms with E-state index >= 15 is 0 Å². The summed E-state index contributed by atoms with van der Waals surface area (Å²) in [6.07, 6.45) is 1.82. The lowest BCUT2D eigenvalue weighted by Gasteiger charge is -2.10. The average molecular weight is 165 g/mol. The molecule has 0 aliphatic rings. The third kappa shape index (κ3) is 1.76. The molecular formula is C10H15NO. The number of nitrogens with zero attached hydrogens (tertiary/aromatic N) is 1. The van der Waals surface area contributed by atoms with Gasteiger partial charge in [-0.3, -0.25) is 0 Å². The highest BCUT2D eigenvalue weighted by Crippen LogP contribution is 2.24. The van der Waals surface area contributed by atoms with Crippen LogP contribution in [0.2, 0.25) is 0 Å². The molecule has 0 fully saturated rings. The van der Waals surface area contributed by atoms with Gasteiger partial charge in [-0.25, -0.2) is 4.98 Å². The summed E-state index contributed by atoms with van der Waals surface area (Å²) in [5.41, 5.74) is 2.36. The fourth-order valence-corrected chi connectivity index (χ4v) is 1.16. The molecule has 0 saturated carbocycles. The molecule has 1 rings (SSSR count). The largest absolute Gasteiger partial charge is 0.481 e. The van der Waals surface area contributed by atoms with Crippen molar-refractivity contribution in [2.45, 2.75) is 26.7 Å². The smallest absolute Gasteiger partial charge is 0.216 e. The number of aromatic nitrogens is 1. The van der Waals surface area contributed by atoms with Gasteiger partial charge in [-0.05, 0) is 24.5 Å². The minimum Gasteiger partial charge on any atom is -0.481 e. The lowest BCUT2D eigenvalue weighted by Crippen LogP contribution is -1.97. The maximum absolute atomic E-state index is 5.15. The molecule has 1 aromatic rings. The molecule has 0 atom stereocenters. The Morgan fingerprint density at radius 2 is 2.08 bits per heavy atom. The Kier molecular flexibility index (Phi) is 2.69. The molecular weight excluding hydrogens is 150 g/mol. The highest BCUT2D eigenvalue weighted by Gasteiger charge is 2.07. The minimum atomic E-state index is 0.465. The number of hydrogen-bond acceptors (Lipinski definition) is 2. The minimum absolute atomic E-state index is 0.465. The molecule has 0 N–H and O–H groups in total. The second-order valence-corrected chi connectivity index (χ2v) is 3.27. The van der Waals surface area contributed by atoms with E-state index in [1.807, 2.05) is 13.1 Å². The van der Waals surface area contributed by atoms with Crippen LogP contribution in [0.3, 0.4) is 0 Å². The number of hydrogen-bond donors (Lipinski definition) is 0. The SMILES string of the molecule is COc1ncc(C)cc1C(C)C. The Morgan fingerprint density at radius 1 is 1.42 bits per heavy atom. The Balaban J connectivity index is 3.12. The lowest BCUT2D eigenvalue weighted by molar-refractivity contribution is 0.390. The molecule has 0 aliphatic heterocycles. The van der Waals surface area contributed by atoms with E-state index in [0.29, 0.717) is 5.92 Å². The van der Waals surface area contributed by atoms with Crippen molar-refractivity contribution in [3.63, 3.8) is 0 Å². The van der Waals surface area contributed by atoms with Gasteiger partial charge >= 0.3 is 0 Å². The van der Waals surface area contributed by atoms with Crippen molar-refractivity contribution >= 4 is 0 Å².